The van der Waals surface area contributed by atoms with E-state index in [1.807, 2.05) is 0 Å². The van der Waals surface area contributed by atoms with E-state index in [4.69, 9.17) is 0 Å². The molecule has 1 aromatic carbocycles. The SMILES string of the molecule is CCC1CCN(CCCc2ccccc2)CCC(C)N1. The summed E-state index contributed by atoms with van der Waals surface area (Å²) < 4.78 is 0. The summed E-state index contributed by atoms with van der Waals surface area (Å²) in [6, 6.07) is 12.2. The largest absolute Gasteiger partial charge is 0.311 e. The summed E-state index contributed by atoms with van der Waals surface area (Å²) in [7, 11) is 0. The number of hydrogen-bond acceptors (Lipinski definition) is 2. The fraction of sp³-hybridized carbons (Fsp3) is 0.667. The first-order valence-corrected chi connectivity index (χ1v) is 8.30. The van der Waals surface area contributed by atoms with Crippen LogP contribution in [0.2, 0.25) is 0 Å². The van der Waals surface area contributed by atoms with Gasteiger partial charge in [-0.3, -0.25) is 0 Å². The molecule has 112 valence electrons. The Hall–Kier alpha value is -0.860. The molecular weight excluding hydrogens is 244 g/mol. The highest BCUT2D eigenvalue weighted by molar-refractivity contribution is 5.14. The van der Waals surface area contributed by atoms with E-state index in [1.165, 1.54) is 57.3 Å². The molecule has 1 saturated heterocycles. The van der Waals surface area contributed by atoms with E-state index < -0.39 is 0 Å². The molecule has 0 saturated carbocycles. The summed E-state index contributed by atoms with van der Waals surface area (Å²) in [5.74, 6) is 0. The first-order valence-electron chi connectivity index (χ1n) is 8.30. The maximum atomic E-state index is 3.74. The minimum absolute atomic E-state index is 0.664. The van der Waals surface area contributed by atoms with Gasteiger partial charge in [0.2, 0.25) is 0 Å². The maximum absolute atomic E-state index is 3.74. The predicted octanol–water partition coefficient (Wildman–Crippen LogP) is 3.47. The molecule has 0 bridgehead atoms. The van der Waals surface area contributed by atoms with E-state index in [2.05, 4.69) is 54.4 Å². The third-order valence-electron chi connectivity index (χ3n) is 4.47. The summed E-state index contributed by atoms with van der Waals surface area (Å²) in [5, 5.41) is 3.74. The van der Waals surface area contributed by atoms with Crippen LogP contribution in [-0.2, 0) is 6.42 Å². The highest BCUT2D eigenvalue weighted by Crippen LogP contribution is 2.10. The van der Waals surface area contributed by atoms with Crippen LogP contribution >= 0.6 is 0 Å². The van der Waals surface area contributed by atoms with Crippen molar-refractivity contribution >= 4 is 0 Å². The second kappa shape index (κ2) is 8.43. The summed E-state index contributed by atoms with van der Waals surface area (Å²) in [4.78, 5) is 2.67. The van der Waals surface area contributed by atoms with Gasteiger partial charge in [-0.1, -0.05) is 37.3 Å². The monoisotopic (exact) mass is 274 g/mol. The van der Waals surface area contributed by atoms with Crippen molar-refractivity contribution in [3.8, 4) is 0 Å². The second-order valence-electron chi connectivity index (χ2n) is 6.18. The van der Waals surface area contributed by atoms with Gasteiger partial charge < -0.3 is 10.2 Å². The lowest BCUT2D eigenvalue weighted by molar-refractivity contribution is 0.211. The summed E-state index contributed by atoms with van der Waals surface area (Å²) in [5.41, 5.74) is 1.47. The molecule has 0 spiro atoms. The summed E-state index contributed by atoms with van der Waals surface area (Å²) in [6.45, 7) is 8.38. The van der Waals surface area contributed by atoms with Crippen molar-refractivity contribution in [3.05, 3.63) is 35.9 Å². The molecule has 0 radical (unpaired) electrons. The smallest absolute Gasteiger partial charge is 0.00790 e. The molecule has 2 nitrogen and oxygen atoms in total. The van der Waals surface area contributed by atoms with Crippen LogP contribution in [0.4, 0.5) is 0 Å². The Labute approximate surface area is 124 Å². The minimum atomic E-state index is 0.664. The van der Waals surface area contributed by atoms with E-state index in [1.54, 1.807) is 0 Å². The average Bonchev–Trinajstić information content (AvgIpc) is 2.47. The Balaban J connectivity index is 1.74. The van der Waals surface area contributed by atoms with Gasteiger partial charge in [-0.25, -0.2) is 0 Å². The highest BCUT2D eigenvalue weighted by atomic mass is 15.1. The molecule has 2 unspecified atom stereocenters. The fourth-order valence-electron chi connectivity index (χ4n) is 3.09. The third-order valence-corrected chi connectivity index (χ3v) is 4.47. The molecule has 1 heterocycles. The van der Waals surface area contributed by atoms with Crippen LogP contribution in [0.15, 0.2) is 30.3 Å². The molecule has 2 atom stereocenters. The zero-order valence-electron chi connectivity index (χ0n) is 13.1. The Morgan fingerprint density at radius 1 is 1.15 bits per heavy atom. The number of hydrogen-bond donors (Lipinski definition) is 1. The van der Waals surface area contributed by atoms with Crippen molar-refractivity contribution in [3.63, 3.8) is 0 Å². The van der Waals surface area contributed by atoms with Crippen LogP contribution in [0.25, 0.3) is 0 Å². The van der Waals surface area contributed by atoms with E-state index in [0.717, 1.165) is 0 Å². The molecule has 0 amide bonds. The van der Waals surface area contributed by atoms with Crippen molar-refractivity contribution in [1.29, 1.82) is 0 Å². The van der Waals surface area contributed by atoms with Crippen LogP contribution in [0.5, 0.6) is 0 Å². The van der Waals surface area contributed by atoms with Crippen LogP contribution in [0, 0.1) is 0 Å². The molecule has 0 aromatic heterocycles. The average molecular weight is 274 g/mol. The normalized spacial score (nSPS) is 25.1. The van der Waals surface area contributed by atoms with Gasteiger partial charge in [0.05, 0.1) is 0 Å². The third kappa shape index (κ3) is 5.26. The fourth-order valence-corrected chi connectivity index (χ4v) is 3.09. The first kappa shape index (κ1) is 15.5. The highest BCUT2D eigenvalue weighted by Gasteiger charge is 2.17. The Morgan fingerprint density at radius 2 is 1.90 bits per heavy atom. The predicted molar refractivity (Wildman–Crippen MR) is 87.1 cm³/mol. The zero-order valence-corrected chi connectivity index (χ0v) is 13.1. The van der Waals surface area contributed by atoms with Gasteiger partial charge in [0, 0.05) is 12.1 Å². The van der Waals surface area contributed by atoms with Crippen molar-refractivity contribution in [2.75, 3.05) is 19.6 Å². The molecule has 1 fully saturated rings. The standard InChI is InChI=1S/C18H30N2/c1-3-18-12-15-20(14-11-16(2)19-18)13-7-10-17-8-5-4-6-9-17/h4-6,8-9,16,18-19H,3,7,10-15H2,1-2H3. The lowest BCUT2D eigenvalue weighted by Crippen LogP contribution is -2.44. The van der Waals surface area contributed by atoms with Gasteiger partial charge in [-0.05, 0) is 64.2 Å². The van der Waals surface area contributed by atoms with E-state index in [-0.39, 0.29) is 0 Å². The van der Waals surface area contributed by atoms with E-state index in [0.29, 0.717) is 12.1 Å². The van der Waals surface area contributed by atoms with Crippen LogP contribution in [-0.4, -0.2) is 36.6 Å². The molecule has 1 N–H and O–H groups in total. The van der Waals surface area contributed by atoms with E-state index >= 15 is 0 Å². The number of nitrogens with one attached hydrogen (secondary N) is 1. The molecule has 1 aliphatic rings. The van der Waals surface area contributed by atoms with Gasteiger partial charge in [-0.2, -0.15) is 0 Å². The van der Waals surface area contributed by atoms with Crippen LogP contribution < -0.4 is 5.32 Å². The Bertz CT molecular complexity index is 363. The minimum Gasteiger partial charge on any atom is -0.311 e. The molecule has 1 aliphatic heterocycles. The lowest BCUT2D eigenvalue weighted by atomic mass is 10.0. The van der Waals surface area contributed by atoms with Crippen LogP contribution in [0.1, 0.15) is 45.1 Å². The molecule has 0 aliphatic carbocycles. The molecule has 2 heteroatoms. The Kier molecular flexibility index (Phi) is 6.55. The summed E-state index contributed by atoms with van der Waals surface area (Å²) in [6.07, 6.45) is 6.32. The van der Waals surface area contributed by atoms with Crippen molar-refractivity contribution in [1.82, 2.24) is 10.2 Å². The topological polar surface area (TPSA) is 15.3 Å². The van der Waals surface area contributed by atoms with Gasteiger partial charge in [0.1, 0.15) is 0 Å². The van der Waals surface area contributed by atoms with E-state index in [9.17, 15) is 0 Å². The molecule has 2 rings (SSSR count). The molecular formula is C18H30N2. The van der Waals surface area contributed by atoms with Crippen LogP contribution in [0.3, 0.4) is 0 Å². The number of benzene rings is 1. The Morgan fingerprint density at radius 3 is 2.65 bits per heavy atom. The molecule has 1 aromatic rings. The molecule has 20 heavy (non-hydrogen) atoms. The van der Waals surface area contributed by atoms with Gasteiger partial charge >= 0.3 is 0 Å². The van der Waals surface area contributed by atoms with Crippen molar-refractivity contribution in [2.24, 2.45) is 0 Å². The van der Waals surface area contributed by atoms with Gasteiger partial charge in [-0.15, -0.1) is 0 Å². The number of aryl methyl sites for hydroxylation is 1. The first-order chi connectivity index (χ1) is 9.78. The number of rotatable bonds is 5. The van der Waals surface area contributed by atoms with Crippen molar-refractivity contribution < 1.29 is 0 Å². The summed E-state index contributed by atoms with van der Waals surface area (Å²) >= 11 is 0. The number of nitrogens with zero attached hydrogens (tertiary/aromatic N) is 1. The van der Waals surface area contributed by atoms with Crippen molar-refractivity contribution in [2.45, 2.75) is 58.0 Å². The van der Waals surface area contributed by atoms with Gasteiger partial charge in [0.15, 0.2) is 0 Å². The van der Waals surface area contributed by atoms with Gasteiger partial charge in [0.25, 0.3) is 0 Å². The zero-order chi connectivity index (χ0) is 14.2. The maximum Gasteiger partial charge on any atom is 0.00790 e. The lowest BCUT2D eigenvalue weighted by Gasteiger charge is -2.32. The second-order valence-corrected chi connectivity index (χ2v) is 6.18. The quantitative estimate of drug-likeness (QED) is 0.884.